The smallest absolute Gasteiger partial charge is 0.136 e. The summed E-state index contributed by atoms with van der Waals surface area (Å²) in [5.74, 6) is 1.91. The van der Waals surface area contributed by atoms with E-state index in [4.69, 9.17) is 4.74 Å². The molecular formula is C19H28O2SSi. The quantitative estimate of drug-likeness (QED) is 0.724. The Morgan fingerprint density at radius 2 is 1.74 bits per heavy atom. The Labute approximate surface area is 145 Å². The number of thiophene rings is 1. The van der Waals surface area contributed by atoms with Crippen molar-refractivity contribution in [3.05, 3.63) is 40.8 Å². The molecule has 1 N–H and O–H groups in total. The molecule has 0 saturated heterocycles. The Balaban J connectivity index is 2.29. The molecule has 126 valence electrons. The van der Waals surface area contributed by atoms with Crippen LogP contribution in [0.3, 0.4) is 0 Å². The Morgan fingerprint density at radius 1 is 1.09 bits per heavy atom. The van der Waals surface area contributed by atoms with Crippen LogP contribution in [0.2, 0.25) is 13.1 Å². The lowest BCUT2D eigenvalue weighted by Gasteiger charge is -2.24. The van der Waals surface area contributed by atoms with Crippen molar-refractivity contribution in [2.24, 2.45) is 0 Å². The summed E-state index contributed by atoms with van der Waals surface area (Å²) in [6.45, 7) is 13.2. The van der Waals surface area contributed by atoms with Gasteiger partial charge in [0.1, 0.15) is 19.6 Å². The molecule has 0 fully saturated rings. The zero-order chi connectivity index (χ0) is 17.2. The van der Waals surface area contributed by atoms with Gasteiger partial charge in [0, 0.05) is 11.1 Å². The Hall–Kier alpha value is -1.26. The van der Waals surface area contributed by atoms with E-state index in [-0.39, 0.29) is 5.92 Å². The lowest BCUT2D eigenvalue weighted by atomic mass is 9.95. The van der Waals surface area contributed by atoms with Gasteiger partial charge in [0.05, 0.1) is 6.23 Å². The average Bonchev–Trinajstić information content (AvgIpc) is 3.00. The molecule has 0 unspecified atom stereocenters. The van der Waals surface area contributed by atoms with Crippen molar-refractivity contribution in [1.82, 2.24) is 0 Å². The number of rotatable bonds is 6. The van der Waals surface area contributed by atoms with Crippen LogP contribution < -0.4 is 9.24 Å². The molecule has 1 aromatic carbocycles. The summed E-state index contributed by atoms with van der Waals surface area (Å²) in [4.78, 5) is 0. The van der Waals surface area contributed by atoms with Crippen LogP contribution in [0.15, 0.2) is 29.6 Å². The molecule has 2 rings (SSSR count). The molecule has 0 bridgehead atoms. The zero-order valence-corrected chi connectivity index (χ0v) is 16.8. The molecule has 23 heavy (non-hydrogen) atoms. The van der Waals surface area contributed by atoms with Crippen LogP contribution in [0.1, 0.15) is 50.7 Å². The molecule has 1 heterocycles. The van der Waals surface area contributed by atoms with Crippen molar-refractivity contribution >= 4 is 23.9 Å². The van der Waals surface area contributed by atoms with E-state index in [0.29, 0.717) is 11.7 Å². The highest BCUT2D eigenvalue weighted by Gasteiger charge is 2.27. The monoisotopic (exact) mass is 348 g/mol. The van der Waals surface area contributed by atoms with E-state index in [1.807, 2.05) is 23.5 Å². The van der Waals surface area contributed by atoms with Gasteiger partial charge in [0.2, 0.25) is 0 Å². The number of hydrogen-bond acceptors (Lipinski definition) is 3. The second-order valence-electron chi connectivity index (χ2n) is 7.41. The second kappa shape index (κ2) is 7.10. The molecule has 0 amide bonds. The highest BCUT2D eigenvalue weighted by atomic mass is 32.1. The lowest BCUT2D eigenvalue weighted by molar-refractivity contribution is 0.370. The van der Waals surface area contributed by atoms with Crippen molar-refractivity contribution in [2.45, 2.75) is 52.6 Å². The van der Waals surface area contributed by atoms with Crippen LogP contribution in [0, 0.1) is 0 Å². The molecule has 4 heteroatoms. The third-order valence-electron chi connectivity index (χ3n) is 4.18. The summed E-state index contributed by atoms with van der Waals surface area (Å²) in [5, 5.41) is 12.4. The summed E-state index contributed by atoms with van der Waals surface area (Å²) in [6, 6.07) is 8.26. The number of aromatic hydroxyl groups is 1. The maximum atomic E-state index is 10.3. The molecule has 0 atom stereocenters. The van der Waals surface area contributed by atoms with E-state index >= 15 is 0 Å². The van der Waals surface area contributed by atoms with Crippen LogP contribution >= 0.6 is 11.3 Å². The van der Waals surface area contributed by atoms with Crippen LogP contribution in [-0.2, 0) is 0 Å². The molecule has 0 radical (unpaired) electrons. The predicted molar refractivity (Wildman–Crippen MR) is 103 cm³/mol. The zero-order valence-electron chi connectivity index (χ0n) is 15.0. The van der Waals surface area contributed by atoms with Gasteiger partial charge in [0.15, 0.2) is 0 Å². The summed E-state index contributed by atoms with van der Waals surface area (Å²) >= 11 is 1.83. The lowest BCUT2D eigenvalue weighted by Crippen LogP contribution is -2.45. The van der Waals surface area contributed by atoms with Gasteiger partial charge in [-0.15, -0.1) is 0 Å². The summed E-state index contributed by atoms with van der Waals surface area (Å²) in [6.07, 6.45) is 0.759. The van der Waals surface area contributed by atoms with E-state index in [1.54, 1.807) is 0 Å². The van der Waals surface area contributed by atoms with Crippen LogP contribution in [0.25, 0.3) is 0 Å². The first-order chi connectivity index (χ1) is 10.7. The fourth-order valence-corrected chi connectivity index (χ4v) is 5.96. The van der Waals surface area contributed by atoms with Gasteiger partial charge >= 0.3 is 0 Å². The topological polar surface area (TPSA) is 29.5 Å². The van der Waals surface area contributed by atoms with E-state index in [2.05, 4.69) is 58.3 Å². The third-order valence-corrected chi connectivity index (χ3v) is 9.24. The van der Waals surface area contributed by atoms with Gasteiger partial charge < -0.3 is 9.84 Å². The van der Waals surface area contributed by atoms with Crippen molar-refractivity contribution < 1.29 is 9.84 Å². The number of ether oxygens (including phenoxy) is 1. The second-order valence-corrected chi connectivity index (χ2v) is 13.3. The summed E-state index contributed by atoms with van der Waals surface area (Å²) < 4.78 is 7.75. The van der Waals surface area contributed by atoms with Crippen LogP contribution in [0.5, 0.6) is 11.5 Å². The van der Waals surface area contributed by atoms with Gasteiger partial charge in [-0.2, -0.15) is 11.3 Å². The number of hydrogen-bond donors (Lipinski definition) is 1. The highest BCUT2D eigenvalue weighted by molar-refractivity contribution is 7.25. The molecule has 2 aromatic rings. The molecule has 0 aliphatic heterocycles. The minimum atomic E-state index is -1.59. The molecule has 0 aliphatic carbocycles. The molecule has 0 aliphatic rings. The largest absolute Gasteiger partial charge is 0.508 e. The summed E-state index contributed by atoms with van der Waals surface area (Å²) in [5.41, 5.74) is 2.04. The first-order valence-electron chi connectivity index (χ1n) is 8.26. The predicted octanol–water partition coefficient (Wildman–Crippen LogP) is 5.23. The standard InChI is InChI=1S/C19H28O2SSi/c1-13(2)15-11-18(16(14(3)4)10-17(15)20)21-12-23(5,6)19-8-7-9-22-19/h7-11,13-14,20H,12H2,1-6H3. The molecular weight excluding hydrogens is 320 g/mol. The molecule has 1 aromatic heterocycles. The summed E-state index contributed by atoms with van der Waals surface area (Å²) in [7, 11) is -1.59. The van der Waals surface area contributed by atoms with E-state index in [9.17, 15) is 5.11 Å². The van der Waals surface area contributed by atoms with Crippen LogP contribution in [0.4, 0.5) is 0 Å². The molecule has 0 spiro atoms. The minimum Gasteiger partial charge on any atom is -0.508 e. The third kappa shape index (κ3) is 4.18. The van der Waals surface area contributed by atoms with E-state index in [0.717, 1.165) is 23.1 Å². The number of benzene rings is 1. The number of phenolic OH excluding ortho intramolecular Hbond substituents is 1. The Morgan fingerprint density at radius 3 is 2.26 bits per heavy atom. The van der Waals surface area contributed by atoms with Crippen molar-refractivity contribution in [3.8, 4) is 11.5 Å². The molecule has 2 nitrogen and oxygen atoms in total. The number of phenols is 1. The van der Waals surface area contributed by atoms with Gasteiger partial charge in [-0.1, -0.05) is 52.9 Å². The van der Waals surface area contributed by atoms with E-state index < -0.39 is 8.07 Å². The molecule has 0 saturated carbocycles. The van der Waals surface area contributed by atoms with Gasteiger partial charge in [-0.25, -0.2) is 0 Å². The first-order valence-corrected chi connectivity index (χ1v) is 12.3. The van der Waals surface area contributed by atoms with Gasteiger partial charge in [0.25, 0.3) is 0 Å². The van der Waals surface area contributed by atoms with Gasteiger partial charge in [-0.3, -0.25) is 0 Å². The van der Waals surface area contributed by atoms with Crippen LogP contribution in [-0.4, -0.2) is 19.4 Å². The van der Waals surface area contributed by atoms with Crippen molar-refractivity contribution in [1.29, 1.82) is 0 Å². The Bertz CT molecular complexity index is 646. The SMILES string of the molecule is CC(C)c1cc(OC[Si](C)(C)c2cccs2)c(C(C)C)cc1O. The maximum absolute atomic E-state index is 10.3. The fourth-order valence-electron chi connectivity index (χ4n) is 2.63. The first kappa shape index (κ1) is 18.1. The van der Waals surface area contributed by atoms with Crippen molar-refractivity contribution in [3.63, 3.8) is 0 Å². The Kier molecular flexibility index (Phi) is 5.58. The fraction of sp³-hybridized carbons (Fsp3) is 0.474. The van der Waals surface area contributed by atoms with Gasteiger partial charge in [-0.05, 0) is 33.8 Å². The minimum absolute atomic E-state index is 0.279. The average molecular weight is 349 g/mol. The highest BCUT2D eigenvalue weighted by Crippen LogP contribution is 2.36. The van der Waals surface area contributed by atoms with Crippen molar-refractivity contribution in [2.75, 3.05) is 6.23 Å². The normalized spacial score (nSPS) is 12.2. The maximum Gasteiger partial charge on any atom is 0.136 e. The van der Waals surface area contributed by atoms with E-state index in [1.165, 1.54) is 4.50 Å².